The Morgan fingerprint density at radius 2 is 2.15 bits per heavy atom. The molecule has 0 aliphatic rings. The van der Waals surface area contributed by atoms with E-state index in [4.69, 9.17) is 11.6 Å². The van der Waals surface area contributed by atoms with Crippen LogP contribution >= 0.6 is 11.6 Å². The third kappa shape index (κ3) is 4.37. The van der Waals surface area contributed by atoms with E-state index in [1.807, 2.05) is 12.1 Å². The van der Waals surface area contributed by atoms with Gasteiger partial charge in [-0.3, -0.25) is 4.79 Å². The summed E-state index contributed by atoms with van der Waals surface area (Å²) in [6.07, 6.45) is 6.42. The number of nitrogens with one attached hydrogen (secondary N) is 1. The van der Waals surface area contributed by atoms with E-state index < -0.39 is 0 Å². The van der Waals surface area contributed by atoms with Crippen LogP contribution in [0.5, 0.6) is 0 Å². The molecule has 0 aliphatic carbocycles. The summed E-state index contributed by atoms with van der Waals surface area (Å²) in [6, 6.07) is 12.1. The van der Waals surface area contributed by atoms with Crippen LogP contribution < -0.4 is 5.32 Å². The molecule has 4 nitrogen and oxygen atoms in total. The SMILES string of the molecule is Cc1nccn1-c1ccc(CNC(=O)/C=C/c2cccc(Cl)c2)cc1F. The smallest absolute Gasteiger partial charge is 0.244 e. The summed E-state index contributed by atoms with van der Waals surface area (Å²) in [5.41, 5.74) is 1.93. The summed E-state index contributed by atoms with van der Waals surface area (Å²) in [7, 11) is 0. The molecule has 0 aliphatic heterocycles. The molecule has 26 heavy (non-hydrogen) atoms. The van der Waals surface area contributed by atoms with Gasteiger partial charge in [-0.2, -0.15) is 0 Å². The van der Waals surface area contributed by atoms with Gasteiger partial charge in [0.2, 0.25) is 5.91 Å². The van der Waals surface area contributed by atoms with E-state index in [1.165, 1.54) is 12.1 Å². The Labute approximate surface area is 155 Å². The molecule has 132 valence electrons. The van der Waals surface area contributed by atoms with Gasteiger partial charge in [0.15, 0.2) is 0 Å². The van der Waals surface area contributed by atoms with Crippen molar-refractivity contribution >= 4 is 23.6 Å². The second kappa shape index (κ2) is 7.97. The Bertz CT molecular complexity index is 965. The number of aryl methyl sites for hydroxylation is 1. The Kier molecular flexibility index (Phi) is 5.49. The number of hydrogen-bond donors (Lipinski definition) is 1. The predicted octanol–water partition coefficient (Wildman–Crippen LogP) is 4.30. The normalized spacial score (nSPS) is 11.0. The fourth-order valence-electron chi connectivity index (χ4n) is 2.52. The molecule has 3 aromatic rings. The van der Waals surface area contributed by atoms with Gasteiger partial charge in [-0.05, 0) is 48.4 Å². The molecule has 0 fully saturated rings. The monoisotopic (exact) mass is 369 g/mol. The van der Waals surface area contributed by atoms with Crippen LogP contribution in [-0.2, 0) is 11.3 Å². The van der Waals surface area contributed by atoms with E-state index in [9.17, 15) is 9.18 Å². The zero-order valence-corrected chi connectivity index (χ0v) is 14.9. The summed E-state index contributed by atoms with van der Waals surface area (Å²) in [4.78, 5) is 16.0. The maximum absolute atomic E-state index is 14.3. The van der Waals surface area contributed by atoms with E-state index >= 15 is 0 Å². The standard InChI is InChI=1S/C20H17ClFN3O/c1-14-23-9-10-25(14)19-7-5-16(12-18(19)22)13-24-20(26)8-6-15-3-2-4-17(21)11-15/h2-12H,13H2,1H3,(H,24,26)/b8-6+. The summed E-state index contributed by atoms with van der Waals surface area (Å²) >= 11 is 5.90. The number of halogens is 2. The lowest BCUT2D eigenvalue weighted by molar-refractivity contribution is -0.116. The van der Waals surface area contributed by atoms with Crippen LogP contribution in [-0.4, -0.2) is 15.5 Å². The van der Waals surface area contributed by atoms with Gasteiger partial charge in [-0.25, -0.2) is 9.37 Å². The molecule has 0 saturated carbocycles. The molecule has 1 amide bonds. The summed E-state index contributed by atoms with van der Waals surface area (Å²) in [5, 5.41) is 3.34. The minimum atomic E-state index is -0.368. The minimum absolute atomic E-state index is 0.235. The molecule has 0 bridgehead atoms. The third-order valence-corrected chi connectivity index (χ3v) is 4.08. The number of carbonyl (C=O) groups is 1. The van der Waals surface area contributed by atoms with E-state index in [2.05, 4.69) is 10.3 Å². The van der Waals surface area contributed by atoms with Crippen LogP contribution in [0.15, 0.2) is 60.9 Å². The highest BCUT2D eigenvalue weighted by atomic mass is 35.5. The maximum Gasteiger partial charge on any atom is 0.244 e. The van der Waals surface area contributed by atoms with E-state index in [0.29, 0.717) is 22.1 Å². The molecule has 1 N–H and O–H groups in total. The lowest BCUT2D eigenvalue weighted by Gasteiger charge is -2.09. The zero-order valence-electron chi connectivity index (χ0n) is 14.1. The Morgan fingerprint density at radius 3 is 2.85 bits per heavy atom. The first kappa shape index (κ1) is 17.9. The van der Waals surface area contributed by atoms with Crippen molar-refractivity contribution in [2.45, 2.75) is 13.5 Å². The molecule has 1 aromatic heterocycles. The molecule has 0 radical (unpaired) electrons. The molecular weight excluding hydrogens is 353 g/mol. The third-order valence-electron chi connectivity index (χ3n) is 3.84. The average Bonchev–Trinajstić information content (AvgIpc) is 3.04. The van der Waals surface area contributed by atoms with Crippen molar-refractivity contribution in [1.29, 1.82) is 0 Å². The Morgan fingerprint density at radius 1 is 1.31 bits per heavy atom. The molecular formula is C20H17ClFN3O. The van der Waals surface area contributed by atoms with Crippen LogP contribution in [0, 0.1) is 12.7 Å². The second-order valence-electron chi connectivity index (χ2n) is 5.74. The molecule has 2 aromatic carbocycles. The van der Waals surface area contributed by atoms with Gasteiger partial charge in [0.05, 0.1) is 5.69 Å². The van der Waals surface area contributed by atoms with Crippen molar-refractivity contribution in [1.82, 2.24) is 14.9 Å². The molecule has 1 heterocycles. The van der Waals surface area contributed by atoms with Crippen molar-refractivity contribution in [3.8, 4) is 5.69 Å². The molecule has 3 rings (SSSR count). The van der Waals surface area contributed by atoms with Crippen molar-refractivity contribution in [2.24, 2.45) is 0 Å². The largest absolute Gasteiger partial charge is 0.348 e. The lowest BCUT2D eigenvalue weighted by atomic mass is 10.2. The number of imidazole rings is 1. The topological polar surface area (TPSA) is 46.9 Å². The van der Waals surface area contributed by atoms with Crippen molar-refractivity contribution in [3.05, 3.63) is 88.7 Å². The van der Waals surface area contributed by atoms with Gasteiger partial charge >= 0.3 is 0 Å². The summed E-state index contributed by atoms with van der Waals surface area (Å²) in [6.45, 7) is 2.04. The average molecular weight is 370 g/mol. The fourth-order valence-corrected chi connectivity index (χ4v) is 2.72. The lowest BCUT2D eigenvalue weighted by Crippen LogP contribution is -2.20. The highest BCUT2D eigenvalue weighted by Crippen LogP contribution is 2.17. The van der Waals surface area contributed by atoms with Crippen molar-refractivity contribution in [2.75, 3.05) is 0 Å². The van der Waals surface area contributed by atoms with Crippen LogP contribution in [0.4, 0.5) is 4.39 Å². The first-order chi connectivity index (χ1) is 12.5. The van der Waals surface area contributed by atoms with E-state index in [0.717, 1.165) is 5.56 Å². The Balaban J connectivity index is 1.62. The van der Waals surface area contributed by atoms with E-state index in [1.54, 1.807) is 54.2 Å². The number of hydrogen-bond acceptors (Lipinski definition) is 2. The summed E-state index contributed by atoms with van der Waals surface area (Å²) < 4.78 is 16.0. The van der Waals surface area contributed by atoms with Crippen molar-refractivity contribution in [3.63, 3.8) is 0 Å². The summed E-state index contributed by atoms with van der Waals surface area (Å²) in [5.74, 6) is 0.0725. The number of benzene rings is 2. The second-order valence-corrected chi connectivity index (χ2v) is 6.17. The number of carbonyl (C=O) groups excluding carboxylic acids is 1. The highest BCUT2D eigenvalue weighted by Gasteiger charge is 2.08. The molecule has 0 atom stereocenters. The van der Waals surface area contributed by atoms with Crippen LogP contribution in [0.25, 0.3) is 11.8 Å². The molecule has 0 spiro atoms. The maximum atomic E-state index is 14.3. The van der Waals surface area contributed by atoms with Gasteiger partial charge in [0.25, 0.3) is 0 Å². The number of amides is 1. The number of rotatable bonds is 5. The number of nitrogens with zero attached hydrogens (tertiary/aromatic N) is 2. The van der Waals surface area contributed by atoms with Crippen molar-refractivity contribution < 1.29 is 9.18 Å². The Hall–Kier alpha value is -2.92. The van der Waals surface area contributed by atoms with Gasteiger partial charge in [-0.1, -0.05) is 29.8 Å². The quantitative estimate of drug-likeness (QED) is 0.681. The fraction of sp³-hybridized carbons (Fsp3) is 0.100. The number of aromatic nitrogens is 2. The van der Waals surface area contributed by atoms with Crippen LogP contribution in [0.1, 0.15) is 17.0 Å². The van der Waals surface area contributed by atoms with Gasteiger partial charge in [0, 0.05) is 30.0 Å². The van der Waals surface area contributed by atoms with Crippen LogP contribution in [0.2, 0.25) is 5.02 Å². The first-order valence-corrected chi connectivity index (χ1v) is 8.41. The molecule has 6 heteroatoms. The highest BCUT2D eigenvalue weighted by molar-refractivity contribution is 6.30. The van der Waals surface area contributed by atoms with Gasteiger partial charge in [-0.15, -0.1) is 0 Å². The predicted molar refractivity (Wildman–Crippen MR) is 101 cm³/mol. The zero-order chi connectivity index (χ0) is 18.5. The molecule has 0 unspecified atom stereocenters. The van der Waals surface area contributed by atoms with Gasteiger partial charge in [0.1, 0.15) is 11.6 Å². The van der Waals surface area contributed by atoms with Crippen LogP contribution in [0.3, 0.4) is 0 Å². The minimum Gasteiger partial charge on any atom is -0.348 e. The first-order valence-electron chi connectivity index (χ1n) is 8.03. The molecule has 0 saturated heterocycles. The van der Waals surface area contributed by atoms with E-state index in [-0.39, 0.29) is 18.3 Å². The van der Waals surface area contributed by atoms with Gasteiger partial charge < -0.3 is 9.88 Å².